The van der Waals surface area contributed by atoms with Gasteiger partial charge in [0.1, 0.15) is 5.60 Å². The van der Waals surface area contributed by atoms with Crippen LogP contribution in [0.2, 0.25) is 0 Å². The van der Waals surface area contributed by atoms with Crippen molar-refractivity contribution < 1.29 is 22.7 Å². The maximum absolute atomic E-state index is 13.0. The Morgan fingerprint density at radius 1 is 1.36 bits per heavy atom. The van der Waals surface area contributed by atoms with Crippen molar-refractivity contribution in [3.05, 3.63) is 29.3 Å². The summed E-state index contributed by atoms with van der Waals surface area (Å²) in [5.41, 5.74) is -1.72. The number of anilines is 1. The van der Waals surface area contributed by atoms with E-state index in [0.29, 0.717) is 19.5 Å². The van der Waals surface area contributed by atoms with Crippen molar-refractivity contribution in [3.63, 3.8) is 0 Å². The number of nitrogens with one attached hydrogen (secondary N) is 1. The molecule has 0 saturated carbocycles. The first-order valence-electron chi connectivity index (χ1n) is 7.85. The quantitative estimate of drug-likeness (QED) is 0.871. The summed E-state index contributed by atoms with van der Waals surface area (Å²) < 4.78 is 44.3. The van der Waals surface area contributed by atoms with Gasteiger partial charge < -0.3 is 15.0 Å². The number of hydrogen-bond acceptors (Lipinski definition) is 4. The van der Waals surface area contributed by atoms with Gasteiger partial charge in [-0.05, 0) is 45.4 Å². The highest BCUT2D eigenvalue weighted by molar-refractivity contribution is 5.68. The number of hydrogen-bond donors (Lipinski definition) is 1. The lowest BCUT2D eigenvalue weighted by atomic mass is 10.1. The van der Waals surface area contributed by atoms with E-state index in [4.69, 9.17) is 10.00 Å². The molecule has 5 nitrogen and oxygen atoms in total. The molecule has 0 aromatic heterocycles. The van der Waals surface area contributed by atoms with Crippen LogP contribution in [0.1, 0.15) is 38.3 Å². The number of alkyl halides is 3. The fraction of sp³-hybridized carbons (Fsp3) is 0.529. The van der Waals surface area contributed by atoms with E-state index in [1.165, 1.54) is 11.0 Å². The SMILES string of the molecule is CC(C)(C)OC(=O)N1CC[C@H](Nc2ccc(C#N)c(C(F)(F)F)c2)C1. The molecule has 0 radical (unpaired) electrons. The average Bonchev–Trinajstić information content (AvgIpc) is 2.93. The first kappa shape index (κ1) is 18.9. The number of likely N-dealkylation sites (tertiary alicyclic amines) is 1. The van der Waals surface area contributed by atoms with Crippen LogP contribution in [0, 0.1) is 11.3 Å². The number of benzene rings is 1. The van der Waals surface area contributed by atoms with Crippen LogP contribution in [0.15, 0.2) is 18.2 Å². The number of carbonyl (C=O) groups is 1. The molecule has 1 aliphatic rings. The number of halogens is 3. The van der Waals surface area contributed by atoms with Gasteiger partial charge in [0.05, 0.1) is 17.2 Å². The zero-order valence-corrected chi connectivity index (χ0v) is 14.3. The second-order valence-electron chi connectivity index (χ2n) is 6.93. The summed E-state index contributed by atoms with van der Waals surface area (Å²) >= 11 is 0. The molecule has 1 fully saturated rings. The molecule has 136 valence electrons. The van der Waals surface area contributed by atoms with E-state index < -0.39 is 29.0 Å². The first-order chi connectivity index (χ1) is 11.5. The summed E-state index contributed by atoms with van der Waals surface area (Å²) in [6, 6.07) is 4.87. The Labute approximate surface area is 144 Å². The van der Waals surface area contributed by atoms with Crippen LogP contribution in [0.3, 0.4) is 0 Å². The molecular formula is C17H20F3N3O2. The van der Waals surface area contributed by atoms with Crippen LogP contribution in [-0.2, 0) is 10.9 Å². The Hall–Kier alpha value is -2.43. The molecule has 0 bridgehead atoms. The van der Waals surface area contributed by atoms with Gasteiger partial charge in [-0.1, -0.05) is 0 Å². The predicted molar refractivity (Wildman–Crippen MR) is 86.0 cm³/mol. The summed E-state index contributed by atoms with van der Waals surface area (Å²) in [5.74, 6) is 0. The first-order valence-corrected chi connectivity index (χ1v) is 7.85. The van der Waals surface area contributed by atoms with Gasteiger partial charge in [-0.25, -0.2) is 4.79 Å². The lowest BCUT2D eigenvalue weighted by molar-refractivity contribution is -0.137. The molecular weight excluding hydrogens is 335 g/mol. The van der Waals surface area contributed by atoms with Crippen LogP contribution < -0.4 is 5.32 Å². The molecule has 1 amide bonds. The molecule has 1 heterocycles. The van der Waals surface area contributed by atoms with Gasteiger partial charge in [0.25, 0.3) is 0 Å². The van der Waals surface area contributed by atoms with Crippen molar-refractivity contribution in [1.82, 2.24) is 4.90 Å². The number of amides is 1. The van der Waals surface area contributed by atoms with Gasteiger partial charge in [0.2, 0.25) is 0 Å². The number of nitrogens with zero attached hydrogens (tertiary/aromatic N) is 2. The molecule has 0 spiro atoms. The zero-order chi connectivity index (χ0) is 18.8. The number of nitriles is 1. The van der Waals surface area contributed by atoms with Crippen molar-refractivity contribution in [1.29, 1.82) is 5.26 Å². The summed E-state index contributed by atoms with van der Waals surface area (Å²) in [4.78, 5) is 13.5. The summed E-state index contributed by atoms with van der Waals surface area (Å²) in [5, 5.41) is 11.8. The molecule has 1 aliphatic heterocycles. The fourth-order valence-electron chi connectivity index (χ4n) is 2.57. The maximum atomic E-state index is 13.0. The van der Waals surface area contributed by atoms with Crippen LogP contribution in [-0.4, -0.2) is 35.7 Å². The van der Waals surface area contributed by atoms with Crippen molar-refractivity contribution in [2.45, 2.75) is 45.0 Å². The van der Waals surface area contributed by atoms with Crippen molar-refractivity contribution in [3.8, 4) is 6.07 Å². The second kappa shape index (κ2) is 6.82. The van der Waals surface area contributed by atoms with Gasteiger partial charge >= 0.3 is 12.3 Å². The predicted octanol–water partition coefficient (Wildman–Crippen LogP) is 4.00. The Kier molecular flexibility index (Phi) is 5.16. The van der Waals surface area contributed by atoms with E-state index in [2.05, 4.69) is 5.32 Å². The Morgan fingerprint density at radius 2 is 2.04 bits per heavy atom. The highest BCUT2D eigenvalue weighted by atomic mass is 19.4. The summed E-state index contributed by atoms with van der Waals surface area (Å²) in [7, 11) is 0. The average molecular weight is 355 g/mol. The van der Waals surface area contributed by atoms with Crippen molar-refractivity contribution in [2.24, 2.45) is 0 Å². The molecule has 1 aromatic rings. The molecule has 8 heteroatoms. The van der Waals surface area contributed by atoms with E-state index in [1.807, 2.05) is 0 Å². The Morgan fingerprint density at radius 3 is 2.60 bits per heavy atom. The number of rotatable bonds is 2. The van der Waals surface area contributed by atoms with Crippen molar-refractivity contribution in [2.75, 3.05) is 18.4 Å². The standard InChI is InChI=1S/C17H20F3N3O2/c1-16(2,3)25-15(24)23-7-6-13(10-23)22-12-5-4-11(9-21)14(8-12)17(18,19)20/h4-5,8,13,22H,6-7,10H2,1-3H3/t13-/m0/s1. The Bertz CT molecular complexity index is 690. The van der Waals surface area contributed by atoms with Crippen molar-refractivity contribution >= 4 is 11.8 Å². The van der Waals surface area contributed by atoms with E-state index >= 15 is 0 Å². The summed E-state index contributed by atoms with van der Waals surface area (Å²) in [6.07, 6.45) is -4.44. The van der Waals surface area contributed by atoms with E-state index in [9.17, 15) is 18.0 Å². The lowest BCUT2D eigenvalue weighted by Gasteiger charge is -2.24. The molecule has 2 rings (SSSR count). The highest BCUT2D eigenvalue weighted by Gasteiger charge is 2.34. The smallest absolute Gasteiger partial charge is 0.417 e. The molecule has 0 unspecified atom stereocenters. The third-order valence-corrected chi connectivity index (χ3v) is 3.66. The second-order valence-corrected chi connectivity index (χ2v) is 6.93. The minimum Gasteiger partial charge on any atom is -0.444 e. The van der Waals surface area contributed by atoms with Crippen LogP contribution in [0.25, 0.3) is 0 Å². The van der Waals surface area contributed by atoms with E-state index in [-0.39, 0.29) is 11.7 Å². The third kappa shape index (κ3) is 5.02. The molecule has 1 aromatic carbocycles. The monoisotopic (exact) mass is 355 g/mol. The topological polar surface area (TPSA) is 65.4 Å². The summed E-state index contributed by atoms with van der Waals surface area (Å²) in [6.45, 7) is 6.12. The van der Waals surface area contributed by atoms with Gasteiger partial charge in [-0.15, -0.1) is 0 Å². The third-order valence-electron chi connectivity index (χ3n) is 3.66. The molecule has 1 saturated heterocycles. The normalized spacial score (nSPS) is 18.0. The largest absolute Gasteiger partial charge is 0.444 e. The fourth-order valence-corrected chi connectivity index (χ4v) is 2.57. The highest BCUT2D eigenvalue weighted by Crippen LogP contribution is 2.34. The number of carbonyl (C=O) groups excluding carboxylic acids is 1. The van der Waals surface area contributed by atoms with Crippen LogP contribution in [0.5, 0.6) is 0 Å². The van der Waals surface area contributed by atoms with Crippen LogP contribution in [0.4, 0.5) is 23.7 Å². The van der Waals surface area contributed by atoms with E-state index in [0.717, 1.165) is 12.1 Å². The Balaban J connectivity index is 2.05. The zero-order valence-electron chi connectivity index (χ0n) is 14.3. The van der Waals surface area contributed by atoms with Gasteiger partial charge in [0.15, 0.2) is 0 Å². The molecule has 25 heavy (non-hydrogen) atoms. The minimum absolute atomic E-state index is 0.179. The van der Waals surface area contributed by atoms with E-state index in [1.54, 1.807) is 26.8 Å². The van der Waals surface area contributed by atoms with Crippen LogP contribution >= 0.6 is 0 Å². The number of ether oxygens (including phenoxy) is 1. The van der Waals surface area contributed by atoms with Gasteiger partial charge in [-0.3, -0.25) is 0 Å². The molecule has 0 aliphatic carbocycles. The minimum atomic E-state index is -4.60. The van der Waals surface area contributed by atoms with Gasteiger partial charge in [-0.2, -0.15) is 18.4 Å². The molecule has 1 atom stereocenters. The van der Waals surface area contributed by atoms with Gasteiger partial charge in [0, 0.05) is 24.8 Å². The maximum Gasteiger partial charge on any atom is 0.417 e. The molecule has 1 N–H and O–H groups in total. The lowest BCUT2D eigenvalue weighted by Crippen LogP contribution is -2.36.